The lowest BCUT2D eigenvalue weighted by molar-refractivity contribution is -0.0595. The predicted octanol–water partition coefficient (Wildman–Crippen LogP) is 3.18. The van der Waals surface area contributed by atoms with Crippen LogP contribution in [0.2, 0.25) is 0 Å². The Labute approximate surface area is 101 Å². The molecule has 0 saturated heterocycles. The lowest BCUT2D eigenvalue weighted by Crippen LogP contribution is -2.38. The van der Waals surface area contributed by atoms with E-state index in [1.54, 1.807) is 0 Å². The molecule has 0 aromatic rings. The lowest BCUT2D eigenvalue weighted by Gasteiger charge is -2.30. The molecule has 0 rings (SSSR count). The zero-order valence-corrected chi connectivity index (χ0v) is 11.4. The molecule has 0 N–H and O–H groups in total. The van der Waals surface area contributed by atoms with Gasteiger partial charge in [-0.2, -0.15) is 12.6 Å². The molecule has 0 heterocycles. The molecule has 0 amide bonds. The monoisotopic (exact) mass is 233 g/mol. The number of hydrogen-bond acceptors (Lipinski definition) is 3. The smallest absolute Gasteiger partial charge is 0.110 e. The highest BCUT2D eigenvalue weighted by Crippen LogP contribution is 2.11. The molecular weight excluding hydrogens is 206 g/mol. The van der Waals surface area contributed by atoms with E-state index in [1.165, 1.54) is 12.8 Å². The maximum Gasteiger partial charge on any atom is 0.110 e. The van der Waals surface area contributed by atoms with Crippen molar-refractivity contribution in [3.8, 4) is 0 Å². The molecule has 0 aromatic carbocycles. The quantitative estimate of drug-likeness (QED) is 0.459. The van der Waals surface area contributed by atoms with E-state index in [1.807, 2.05) is 0 Å². The zero-order chi connectivity index (χ0) is 11.5. The summed E-state index contributed by atoms with van der Waals surface area (Å²) in [6.45, 7) is 9.62. The van der Waals surface area contributed by atoms with Gasteiger partial charge in [0.1, 0.15) is 6.23 Å². The van der Waals surface area contributed by atoms with Crippen LogP contribution in [0.5, 0.6) is 0 Å². The minimum Gasteiger partial charge on any atom is -0.363 e. The van der Waals surface area contributed by atoms with Crippen molar-refractivity contribution in [3.63, 3.8) is 0 Å². The van der Waals surface area contributed by atoms with Gasteiger partial charge in [-0.3, -0.25) is 4.90 Å². The Balaban J connectivity index is 4.09. The van der Waals surface area contributed by atoms with Crippen LogP contribution in [0.3, 0.4) is 0 Å². The van der Waals surface area contributed by atoms with E-state index in [0.29, 0.717) is 6.23 Å². The van der Waals surface area contributed by atoms with Crippen molar-refractivity contribution < 1.29 is 4.74 Å². The minimum atomic E-state index is 0.307. The van der Waals surface area contributed by atoms with Gasteiger partial charge in [0, 0.05) is 19.7 Å². The summed E-state index contributed by atoms with van der Waals surface area (Å²) in [5.74, 6) is 0.954. The van der Waals surface area contributed by atoms with Gasteiger partial charge < -0.3 is 4.74 Å². The van der Waals surface area contributed by atoms with Gasteiger partial charge in [-0.15, -0.1) is 0 Å². The topological polar surface area (TPSA) is 12.5 Å². The van der Waals surface area contributed by atoms with Crippen molar-refractivity contribution in [2.45, 2.75) is 52.7 Å². The van der Waals surface area contributed by atoms with Crippen LogP contribution in [0.4, 0.5) is 0 Å². The minimum absolute atomic E-state index is 0.307. The molecule has 0 aliphatic heterocycles. The first kappa shape index (κ1) is 15.3. The third-order valence-corrected chi connectivity index (χ3v) is 2.71. The summed E-state index contributed by atoms with van der Waals surface area (Å²) in [6.07, 6.45) is 4.95. The van der Waals surface area contributed by atoms with Crippen LogP contribution < -0.4 is 0 Å². The molecule has 3 heteroatoms. The molecule has 1 atom stereocenters. The molecule has 0 saturated carbocycles. The first-order valence-corrected chi connectivity index (χ1v) is 6.89. The van der Waals surface area contributed by atoms with Crippen molar-refractivity contribution in [1.29, 1.82) is 0 Å². The first-order chi connectivity index (χ1) is 7.29. The second-order valence-corrected chi connectivity index (χ2v) is 4.26. The van der Waals surface area contributed by atoms with Crippen molar-refractivity contribution in [1.82, 2.24) is 4.90 Å². The van der Waals surface area contributed by atoms with E-state index in [0.717, 1.165) is 38.3 Å². The van der Waals surface area contributed by atoms with Gasteiger partial charge in [0.25, 0.3) is 0 Å². The zero-order valence-electron chi connectivity index (χ0n) is 10.5. The molecule has 0 aromatic heterocycles. The molecule has 0 spiro atoms. The highest BCUT2D eigenvalue weighted by molar-refractivity contribution is 7.80. The summed E-state index contributed by atoms with van der Waals surface area (Å²) in [5, 5.41) is 0. The van der Waals surface area contributed by atoms with Crippen LogP contribution in [0.15, 0.2) is 0 Å². The van der Waals surface area contributed by atoms with Gasteiger partial charge in [0.15, 0.2) is 0 Å². The summed E-state index contributed by atoms with van der Waals surface area (Å²) in [5.41, 5.74) is 0. The second-order valence-electron chi connectivity index (χ2n) is 3.81. The van der Waals surface area contributed by atoms with E-state index in [2.05, 4.69) is 38.3 Å². The number of nitrogens with zero attached hydrogens (tertiary/aromatic N) is 1. The van der Waals surface area contributed by atoms with Crippen LogP contribution in [0.1, 0.15) is 46.5 Å². The molecule has 0 fully saturated rings. The van der Waals surface area contributed by atoms with Crippen molar-refractivity contribution >= 4 is 12.6 Å². The molecule has 15 heavy (non-hydrogen) atoms. The predicted molar refractivity (Wildman–Crippen MR) is 70.7 cm³/mol. The number of ether oxygens (including phenoxy) is 1. The van der Waals surface area contributed by atoms with E-state index in [9.17, 15) is 0 Å². The van der Waals surface area contributed by atoms with Crippen LogP contribution in [-0.4, -0.2) is 36.6 Å². The highest BCUT2D eigenvalue weighted by atomic mass is 32.1. The summed E-state index contributed by atoms with van der Waals surface area (Å²) >= 11 is 4.26. The Hall–Kier alpha value is 0.270. The van der Waals surface area contributed by atoms with Crippen LogP contribution in [0, 0.1) is 0 Å². The van der Waals surface area contributed by atoms with Gasteiger partial charge in [-0.05, 0) is 38.4 Å². The normalized spacial score (nSPS) is 13.4. The van der Waals surface area contributed by atoms with Crippen molar-refractivity contribution in [2.75, 3.05) is 25.4 Å². The Morgan fingerprint density at radius 1 is 1.13 bits per heavy atom. The van der Waals surface area contributed by atoms with Gasteiger partial charge in [0.2, 0.25) is 0 Å². The lowest BCUT2D eigenvalue weighted by atomic mass is 10.2. The molecule has 0 aliphatic carbocycles. The summed E-state index contributed by atoms with van der Waals surface area (Å²) in [7, 11) is 0. The Kier molecular flexibility index (Phi) is 11.0. The van der Waals surface area contributed by atoms with Crippen molar-refractivity contribution in [3.05, 3.63) is 0 Å². The third-order valence-electron chi connectivity index (χ3n) is 2.40. The number of thiol groups is 1. The average Bonchev–Trinajstić information content (AvgIpc) is 2.24. The van der Waals surface area contributed by atoms with Gasteiger partial charge >= 0.3 is 0 Å². The molecule has 92 valence electrons. The maximum absolute atomic E-state index is 5.80. The first-order valence-electron chi connectivity index (χ1n) is 6.26. The standard InChI is InChI=1S/C12H27NOS/c1-4-9-13(10-5-2)12(14-6-3)8-7-11-15/h12,15H,4-11H2,1-3H3. The average molecular weight is 233 g/mol. The molecule has 2 nitrogen and oxygen atoms in total. The number of hydrogen-bond donors (Lipinski definition) is 1. The van der Waals surface area contributed by atoms with Crippen LogP contribution >= 0.6 is 12.6 Å². The Morgan fingerprint density at radius 2 is 1.73 bits per heavy atom. The SMILES string of the molecule is CCCN(CCC)C(CCCS)OCC. The number of rotatable bonds is 10. The molecule has 1 unspecified atom stereocenters. The largest absolute Gasteiger partial charge is 0.363 e. The van der Waals surface area contributed by atoms with Gasteiger partial charge in [-0.25, -0.2) is 0 Å². The van der Waals surface area contributed by atoms with Gasteiger partial charge in [-0.1, -0.05) is 13.8 Å². The second kappa shape index (κ2) is 10.8. The van der Waals surface area contributed by atoms with Crippen molar-refractivity contribution in [2.24, 2.45) is 0 Å². The van der Waals surface area contributed by atoms with E-state index in [-0.39, 0.29) is 0 Å². The fourth-order valence-corrected chi connectivity index (χ4v) is 1.99. The molecule has 0 radical (unpaired) electrons. The van der Waals surface area contributed by atoms with E-state index < -0.39 is 0 Å². The third kappa shape index (κ3) is 7.20. The van der Waals surface area contributed by atoms with Gasteiger partial charge in [0.05, 0.1) is 0 Å². The summed E-state index contributed by atoms with van der Waals surface area (Å²) < 4.78 is 5.80. The van der Waals surface area contributed by atoms with E-state index >= 15 is 0 Å². The fraction of sp³-hybridized carbons (Fsp3) is 1.00. The Morgan fingerprint density at radius 3 is 2.13 bits per heavy atom. The van der Waals surface area contributed by atoms with Crippen LogP contribution in [0.25, 0.3) is 0 Å². The molecule has 0 bridgehead atoms. The summed E-state index contributed by atoms with van der Waals surface area (Å²) in [6, 6.07) is 0. The maximum atomic E-state index is 5.80. The molecular formula is C12H27NOS. The Bertz CT molecular complexity index is 127. The highest BCUT2D eigenvalue weighted by Gasteiger charge is 2.16. The molecule has 0 aliphatic rings. The van der Waals surface area contributed by atoms with Crippen LogP contribution in [-0.2, 0) is 4.74 Å². The summed E-state index contributed by atoms with van der Waals surface area (Å²) in [4.78, 5) is 2.47. The van der Waals surface area contributed by atoms with E-state index in [4.69, 9.17) is 4.74 Å². The fourth-order valence-electron chi connectivity index (χ4n) is 1.80.